The molecule has 2 atom stereocenters. The summed E-state index contributed by atoms with van der Waals surface area (Å²) < 4.78 is 15.2. The van der Waals surface area contributed by atoms with E-state index >= 15 is 0 Å². The average molecular weight is 429 g/mol. The molecule has 0 aromatic rings. The lowest BCUT2D eigenvalue weighted by molar-refractivity contribution is -0.173. The molecule has 2 amide bonds. The predicted molar refractivity (Wildman–Crippen MR) is 105 cm³/mol. The number of hydrogen-bond acceptors (Lipinski definition) is 8. The highest BCUT2D eigenvalue weighted by molar-refractivity contribution is 8.00. The van der Waals surface area contributed by atoms with Crippen LogP contribution in [0.1, 0.15) is 48.5 Å². The summed E-state index contributed by atoms with van der Waals surface area (Å²) in [5.74, 6) is -1.19. The van der Waals surface area contributed by atoms with Crippen molar-refractivity contribution in [3.63, 3.8) is 0 Å². The minimum atomic E-state index is -0.788. The third-order valence-electron chi connectivity index (χ3n) is 4.02. The maximum atomic E-state index is 12.6. The molecule has 2 aliphatic heterocycles. The SMILES string of the molecule is CC1=C(C(=O)OCOC(=O)C(C)(C)C)N2C(=O)C(NC(=O)OC(C)(C)C)C2SC1. The molecule has 0 spiro atoms. The van der Waals surface area contributed by atoms with E-state index in [9.17, 15) is 19.2 Å². The van der Waals surface area contributed by atoms with Crippen molar-refractivity contribution >= 4 is 35.7 Å². The van der Waals surface area contributed by atoms with E-state index in [1.165, 1.54) is 16.7 Å². The molecule has 29 heavy (non-hydrogen) atoms. The summed E-state index contributed by atoms with van der Waals surface area (Å²) >= 11 is 1.43. The second-order valence-electron chi connectivity index (χ2n) is 8.89. The Hall–Kier alpha value is -2.23. The summed E-state index contributed by atoms with van der Waals surface area (Å²) in [4.78, 5) is 50.1. The molecule has 1 saturated heterocycles. The minimum Gasteiger partial charge on any atom is -0.444 e. The Morgan fingerprint density at radius 2 is 1.76 bits per heavy atom. The molecule has 2 aliphatic rings. The molecule has 0 saturated carbocycles. The highest BCUT2D eigenvalue weighted by Gasteiger charge is 2.54. The van der Waals surface area contributed by atoms with Crippen LogP contribution < -0.4 is 5.32 Å². The number of carbonyl (C=O) groups is 4. The van der Waals surface area contributed by atoms with E-state index in [0.717, 1.165) is 0 Å². The van der Waals surface area contributed by atoms with Gasteiger partial charge in [-0.05, 0) is 54.0 Å². The highest BCUT2D eigenvalue weighted by atomic mass is 32.2. The van der Waals surface area contributed by atoms with Crippen LogP contribution in [-0.2, 0) is 28.6 Å². The summed E-state index contributed by atoms with van der Waals surface area (Å²) in [7, 11) is 0. The van der Waals surface area contributed by atoms with Gasteiger partial charge in [0.1, 0.15) is 22.7 Å². The summed E-state index contributed by atoms with van der Waals surface area (Å²) in [6.45, 7) is 11.4. The number of esters is 2. The lowest BCUT2D eigenvalue weighted by atomic mass is 9.98. The number of thioether (sulfide) groups is 1. The van der Waals surface area contributed by atoms with Crippen LogP contribution in [0.4, 0.5) is 4.79 Å². The lowest BCUT2D eigenvalue weighted by Crippen LogP contribution is -2.70. The number of fused-ring (bicyclic) bond motifs is 1. The summed E-state index contributed by atoms with van der Waals surface area (Å²) in [6.07, 6.45) is -0.694. The van der Waals surface area contributed by atoms with Crippen molar-refractivity contribution in [3.8, 4) is 0 Å². The zero-order valence-corrected chi connectivity index (χ0v) is 18.6. The van der Waals surface area contributed by atoms with Crippen molar-refractivity contribution in [2.75, 3.05) is 12.5 Å². The molecule has 162 valence electrons. The first-order valence-electron chi connectivity index (χ1n) is 9.20. The van der Waals surface area contributed by atoms with Crippen LogP contribution in [0.25, 0.3) is 0 Å². The van der Waals surface area contributed by atoms with E-state index in [1.54, 1.807) is 48.5 Å². The number of rotatable bonds is 4. The first kappa shape index (κ1) is 23.1. The summed E-state index contributed by atoms with van der Waals surface area (Å²) in [6, 6.07) is -0.788. The van der Waals surface area contributed by atoms with Gasteiger partial charge in [0, 0.05) is 5.75 Å². The van der Waals surface area contributed by atoms with Gasteiger partial charge < -0.3 is 19.5 Å². The number of nitrogens with one attached hydrogen (secondary N) is 1. The van der Waals surface area contributed by atoms with Crippen molar-refractivity contribution in [1.29, 1.82) is 0 Å². The fraction of sp³-hybridized carbons (Fsp3) is 0.684. The maximum Gasteiger partial charge on any atom is 0.408 e. The van der Waals surface area contributed by atoms with Crippen LogP contribution in [-0.4, -0.2) is 58.4 Å². The molecule has 0 aromatic heterocycles. The fourth-order valence-corrected chi connectivity index (χ4v) is 3.91. The second kappa shape index (κ2) is 8.25. The van der Waals surface area contributed by atoms with E-state index in [2.05, 4.69) is 5.32 Å². The van der Waals surface area contributed by atoms with Crippen LogP contribution in [0, 0.1) is 5.41 Å². The molecule has 2 unspecified atom stereocenters. The van der Waals surface area contributed by atoms with E-state index in [-0.39, 0.29) is 5.70 Å². The molecule has 0 aliphatic carbocycles. The maximum absolute atomic E-state index is 12.6. The van der Waals surface area contributed by atoms with Gasteiger partial charge in [0.05, 0.1) is 5.41 Å². The minimum absolute atomic E-state index is 0.118. The van der Waals surface area contributed by atoms with Gasteiger partial charge in [-0.3, -0.25) is 14.5 Å². The molecule has 9 nitrogen and oxygen atoms in total. The number of carbonyl (C=O) groups excluding carboxylic acids is 4. The first-order valence-corrected chi connectivity index (χ1v) is 10.3. The standard InChI is InChI=1S/C19H28N2O7S/c1-10-8-29-14-11(20-17(25)28-19(5,6)7)13(22)21(14)12(10)15(23)26-9-27-16(24)18(2,3)4/h11,14H,8-9H2,1-7H3,(H,20,25). The van der Waals surface area contributed by atoms with Gasteiger partial charge in [-0.2, -0.15) is 0 Å². The third kappa shape index (κ3) is 5.43. The monoisotopic (exact) mass is 428 g/mol. The van der Waals surface area contributed by atoms with Crippen LogP contribution in [0.15, 0.2) is 11.3 Å². The van der Waals surface area contributed by atoms with Crippen LogP contribution in [0.5, 0.6) is 0 Å². The zero-order chi connectivity index (χ0) is 22.1. The predicted octanol–water partition coefficient (Wildman–Crippen LogP) is 2.16. The van der Waals surface area contributed by atoms with Gasteiger partial charge in [-0.25, -0.2) is 9.59 Å². The van der Waals surface area contributed by atoms with Gasteiger partial charge in [0.2, 0.25) is 6.79 Å². The molecular formula is C19H28N2O7S. The lowest BCUT2D eigenvalue weighted by Gasteiger charge is -2.49. The van der Waals surface area contributed by atoms with E-state index in [0.29, 0.717) is 11.3 Å². The molecule has 1 fully saturated rings. The quantitative estimate of drug-likeness (QED) is 0.412. The third-order valence-corrected chi connectivity index (χ3v) is 5.44. The normalized spacial score (nSPS) is 21.8. The molecule has 1 N–H and O–H groups in total. The van der Waals surface area contributed by atoms with Crippen molar-refractivity contribution in [1.82, 2.24) is 10.2 Å². The van der Waals surface area contributed by atoms with Crippen LogP contribution in [0.2, 0.25) is 0 Å². The average Bonchev–Trinajstić information content (AvgIpc) is 2.56. The topological polar surface area (TPSA) is 111 Å². The van der Waals surface area contributed by atoms with E-state index in [4.69, 9.17) is 14.2 Å². The van der Waals surface area contributed by atoms with Crippen LogP contribution in [0.3, 0.4) is 0 Å². The number of nitrogens with zero attached hydrogens (tertiary/aromatic N) is 1. The molecule has 0 radical (unpaired) electrons. The van der Waals surface area contributed by atoms with Gasteiger partial charge in [-0.15, -0.1) is 11.8 Å². The Morgan fingerprint density at radius 3 is 2.31 bits per heavy atom. The molecule has 2 rings (SSSR count). The summed E-state index contributed by atoms with van der Waals surface area (Å²) in [5, 5.41) is 2.12. The van der Waals surface area contributed by atoms with Gasteiger partial charge >= 0.3 is 18.0 Å². The zero-order valence-electron chi connectivity index (χ0n) is 17.8. The van der Waals surface area contributed by atoms with E-state index in [1.807, 2.05) is 0 Å². The highest BCUT2D eigenvalue weighted by Crippen LogP contribution is 2.40. The van der Waals surface area contributed by atoms with Crippen molar-refractivity contribution in [2.24, 2.45) is 5.41 Å². The second-order valence-corrected chi connectivity index (χ2v) is 10.00. The number of amides is 2. The molecule has 0 aromatic carbocycles. The Morgan fingerprint density at radius 1 is 1.14 bits per heavy atom. The van der Waals surface area contributed by atoms with Gasteiger partial charge in [0.25, 0.3) is 5.91 Å². The first-order chi connectivity index (χ1) is 13.2. The molecular weight excluding hydrogens is 400 g/mol. The van der Waals surface area contributed by atoms with Crippen molar-refractivity contribution in [2.45, 2.75) is 65.5 Å². The van der Waals surface area contributed by atoms with Gasteiger partial charge in [-0.1, -0.05) is 0 Å². The Bertz CT molecular complexity index is 749. The Kier molecular flexibility index (Phi) is 6.56. The number of hydrogen-bond donors (Lipinski definition) is 1. The molecule has 10 heteroatoms. The molecule has 2 heterocycles. The number of alkyl carbamates (subject to hydrolysis) is 1. The summed E-state index contributed by atoms with van der Waals surface area (Å²) in [5.41, 5.74) is -0.621. The van der Waals surface area contributed by atoms with E-state index < -0.39 is 53.2 Å². The smallest absolute Gasteiger partial charge is 0.408 e. The number of ether oxygens (including phenoxy) is 3. The fourth-order valence-electron chi connectivity index (χ4n) is 2.62. The Balaban J connectivity index is 1.99. The van der Waals surface area contributed by atoms with Crippen molar-refractivity contribution < 1.29 is 33.4 Å². The number of β-lactam (4-membered cyclic amide) rings is 1. The van der Waals surface area contributed by atoms with Crippen molar-refractivity contribution in [3.05, 3.63) is 11.3 Å². The van der Waals surface area contributed by atoms with Gasteiger partial charge in [0.15, 0.2) is 0 Å². The molecule has 0 bridgehead atoms. The Labute approximate surface area is 174 Å². The van der Waals surface area contributed by atoms with Crippen LogP contribution >= 0.6 is 11.8 Å². The largest absolute Gasteiger partial charge is 0.444 e.